The lowest BCUT2D eigenvalue weighted by atomic mass is 10.3. The smallest absolute Gasteiger partial charge is 0.302 e. The Labute approximate surface area is 164 Å². The number of benzene rings is 2. The lowest BCUT2D eigenvalue weighted by molar-refractivity contribution is -0.116. The van der Waals surface area contributed by atoms with E-state index in [0.717, 1.165) is 21.3 Å². The van der Waals surface area contributed by atoms with Crippen LogP contribution in [0.2, 0.25) is 5.02 Å². The van der Waals surface area contributed by atoms with E-state index in [0.29, 0.717) is 23.2 Å². The molecule has 6 nitrogen and oxygen atoms in total. The summed E-state index contributed by atoms with van der Waals surface area (Å²) < 4.78 is 4.28. The monoisotopic (exact) mass is 400 g/mol. The molecule has 138 valence electrons. The van der Waals surface area contributed by atoms with E-state index in [1.54, 1.807) is 15.2 Å². The number of nitrogens with zero attached hydrogens (tertiary/aromatic N) is 3. The summed E-state index contributed by atoms with van der Waals surface area (Å²) in [5.74, 6) is -0.180. The number of carbonyl (C=O) groups excluding carboxylic acids is 1. The van der Waals surface area contributed by atoms with Gasteiger partial charge in [0.25, 0.3) is 0 Å². The maximum absolute atomic E-state index is 12.6. The highest BCUT2D eigenvalue weighted by atomic mass is 35.5. The number of halogens is 1. The van der Waals surface area contributed by atoms with Gasteiger partial charge in [0.2, 0.25) is 5.91 Å². The fraction of sp³-hybridized carbons (Fsp3) is 0.211. The first kappa shape index (κ1) is 17.8. The first-order valence-electron chi connectivity index (χ1n) is 8.61. The van der Waals surface area contributed by atoms with Crippen molar-refractivity contribution in [3.8, 4) is 0 Å². The Morgan fingerprint density at radius 1 is 1.19 bits per heavy atom. The second-order valence-corrected chi connectivity index (χ2v) is 7.56. The first-order valence-corrected chi connectivity index (χ1v) is 9.80. The summed E-state index contributed by atoms with van der Waals surface area (Å²) in [6.07, 6.45) is 0.189. The average molecular weight is 401 g/mol. The van der Waals surface area contributed by atoms with E-state index >= 15 is 0 Å². The number of anilines is 1. The van der Waals surface area contributed by atoms with Crippen LogP contribution >= 0.6 is 22.9 Å². The van der Waals surface area contributed by atoms with Gasteiger partial charge in [0, 0.05) is 24.5 Å². The van der Waals surface area contributed by atoms with Crippen LogP contribution in [0, 0.1) is 0 Å². The second-order valence-electron chi connectivity index (χ2n) is 6.10. The van der Waals surface area contributed by atoms with E-state index < -0.39 is 0 Å². The summed E-state index contributed by atoms with van der Waals surface area (Å²) in [6.45, 7) is 2.84. The number of imidazole rings is 1. The molecule has 0 unspecified atom stereocenters. The highest BCUT2D eigenvalue weighted by Crippen LogP contribution is 2.28. The summed E-state index contributed by atoms with van der Waals surface area (Å²) in [5, 5.41) is 3.98. The van der Waals surface area contributed by atoms with Crippen molar-refractivity contribution in [2.75, 3.05) is 5.32 Å². The normalized spacial score (nSPS) is 11.3. The first-order chi connectivity index (χ1) is 13.1. The number of nitrogens with one attached hydrogen (secondary N) is 1. The summed E-state index contributed by atoms with van der Waals surface area (Å²) in [4.78, 5) is 29.4. The molecule has 1 N–H and O–H groups in total. The molecule has 2 aromatic carbocycles. The molecule has 0 aliphatic rings. The summed E-state index contributed by atoms with van der Waals surface area (Å²) in [7, 11) is 0. The number of rotatable bonds is 5. The molecule has 0 radical (unpaired) electrons. The number of fused-ring (bicyclic) bond motifs is 2. The van der Waals surface area contributed by atoms with Gasteiger partial charge in [-0.1, -0.05) is 35.1 Å². The lowest BCUT2D eigenvalue weighted by Gasteiger charge is -2.03. The van der Waals surface area contributed by atoms with Crippen LogP contribution in [0.1, 0.15) is 13.3 Å². The number of amides is 1. The van der Waals surface area contributed by atoms with Crippen LogP contribution in [0.5, 0.6) is 0 Å². The lowest BCUT2D eigenvalue weighted by Crippen LogP contribution is -2.25. The van der Waals surface area contributed by atoms with Gasteiger partial charge in [-0.2, -0.15) is 0 Å². The molecule has 0 spiro atoms. The van der Waals surface area contributed by atoms with E-state index in [1.807, 2.05) is 43.3 Å². The van der Waals surface area contributed by atoms with Crippen molar-refractivity contribution in [1.29, 1.82) is 0 Å². The van der Waals surface area contributed by atoms with Crippen molar-refractivity contribution < 1.29 is 4.79 Å². The minimum Gasteiger partial charge on any atom is -0.302 e. The van der Waals surface area contributed by atoms with E-state index in [4.69, 9.17) is 11.6 Å². The maximum Gasteiger partial charge on any atom is 0.329 e. The second kappa shape index (κ2) is 7.17. The fourth-order valence-corrected chi connectivity index (χ4v) is 4.30. The van der Waals surface area contributed by atoms with Gasteiger partial charge in [0.15, 0.2) is 5.13 Å². The van der Waals surface area contributed by atoms with Crippen LogP contribution < -0.4 is 11.0 Å². The summed E-state index contributed by atoms with van der Waals surface area (Å²) >= 11 is 7.36. The number of aryl methyl sites for hydroxylation is 2. The van der Waals surface area contributed by atoms with Crippen molar-refractivity contribution in [3.63, 3.8) is 0 Å². The van der Waals surface area contributed by atoms with Gasteiger partial charge in [0.1, 0.15) is 0 Å². The van der Waals surface area contributed by atoms with Crippen molar-refractivity contribution in [3.05, 3.63) is 58.0 Å². The van der Waals surface area contributed by atoms with Crippen LogP contribution in [-0.4, -0.2) is 20.0 Å². The Morgan fingerprint density at radius 2 is 1.93 bits per heavy atom. The highest BCUT2D eigenvalue weighted by molar-refractivity contribution is 7.22. The van der Waals surface area contributed by atoms with E-state index in [1.165, 1.54) is 11.3 Å². The Bertz CT molecular complexity index is 1210. The molecule has 4 aromatic rings. The number of hydrogen-bond donors (Lipinski definition) is 1. The minimum absolute atomic E-state index is 0.0962. The largest absolute Gasteiger partial charge is 0.329 e. The SMILES string of the molecule is CCn1c(=O)n(CCC(=O)Nc2nc3ccc(Cl)cc3s2)c2ccccc21. The van der Waals surface area contributed by atoms with Gasteiger partial charge in [-0.05, 0) is 37.3 Å². The van der Waals surface area contributed by atoms with E-state index in [9.17, 15) is 9.59 Å². The van der Waals surface area contributed by atoms with Crippen LogP contribution in [0.15, 0.2) is 47.3 Å². The molecule has 0 bridgehead atoms. The standard InChI is InChI=1S/C19H17ClN4O2S/c1-2-23-14-5-3-4-6-15(14)24(19(23)26)10-9-17(25)22-18-21-13-8-7-12(20)11-16(13)27-18/h3-8,11H,2,9-10H2,1H3,(H,21,22,25). The van der Waals surface area contributed by atoms with Crippen molar-refractivity contribution >= 4 is 55.2 Å². The number of aromatic nitrogens is 3. The van der Waals surface area contributed by atoms with Gasteiger partial charge < -0.3 is 5.32 Å². The number of hydrogen-bond acceptors (Lipinski definition) is 4. The van der Waals surface area contributed by atoms with E-state index in [-0.39, 0.29) is 18.0 Å². The average Bonchev–Trinajstić information content (AvgIpc) is 3.16. The Hall–Kier alpha value is -2.64. The van der Waals surface area contributed by atoms with Crippen LogP contribution in [0.4, 0.5) is 5.13 Å². The van der Waals surface area contributed by atoms with Gasteiger partial charge in [-0.3, -0.25) is 13.9 Å². The van der Waals surface area contributed by atoms with Gasteiger partial charge >= 0.3 is 5.69 Å². The number of thiazole rings is 1. The third-order valence-corrected chi connectivity index (χ3v) is 5.57. The Morgan fingerprint density at radius 3 is 2.67 bits per heavy atom. The molecule has 0 atom stereocenters. The highest BCUT2D eigenvalue weighted by Gasteiger charge is 2.14. The molecular formula is C19H17ClN4O2S. The molecule has 0 aliphatic heterocycles. The van der Waals surface area contributed by atoms with Gasteiger partial charge in [-0.25, -0.2) is 9.78 Å². The van der Waals surface area contributed by atoms with Crippen molar-refractivity contribution in [1.82, 2.24) is 14.1 Å². The summed E-state index contributed by atoms with van der Waals surface area (Å²) in [6, 6.07) is 13.0. The van der Waals surface area contributed by atoms with Crippen LogP contribution in [-0.2, 0) is 17.9 Å². The van der Waals surface area contributed by atoms with Crippen molar-refractivity contribution in [2.45, 2.75) is 26.4 Å². The third-order valence-electron chi connectivity index (χ3n) is 4.40. The molecule has 8 heteroatoms. The quantitative estimate of drug-likeness (QED) is 0.548. The molecule has 2 aromatic heterocycles. The molecule has 1 amide bonds. The molecule has 0 aliphatic carbocycles. The molecule has 4 rings (SSSR count). The molecule has 0 fully saturated rings. The molecular weight excluding hydrogens is 384 g/mol. The van der Waals surface area contributed by atoms with Gasteiger partial charge in [0.05, 0.1) is 21.3 Å². The zero-order valence-electron chi connectivity index (χ0n) is 14.6. The fourth-order valence-electron chi connectivity index (χ4n) is 3.14. The number of para-hydroxylation sites is 2. The topological polar surface area (TPSA) is 68.9 Å². The van der Waals surface area contributed by atoms with Gasteiger partial charge in [-0.15, -0.1) is 0 Å². The third kappa shape index (κ3) is 3.36. The molecule has 27 heavy (non-hydrogen) atoms. The van der Waals surface area contributed by atoms with Crippen LogP contribution in [0.3, 0.4) is 0 Å². The number of carbonyl (C=O) groups is 1. The predicted octanol–water partition coefficient (Wildman–Crippen LogP) is 4.11. The van der Waals surface area contributed by atoms with E-state index in [2.05, 4.69) is 10.3 Å². The Balaban J connectivity index is 1.51. The zero-order chi connectivity index (χ0) is 19.0. The molecule has 0 saturated carbocycles. The minimum atomic E-state index is -0.180. The van der Waals surface area contributed by atoms with Crippen molar-refractivity contribution in [2.24, 2.45) is 0 Å². The molecule has 2 heterocycles. The molecule has 0 saturated heterocycles. The summed E-state index contributed by atoms with van der Waals surface area (Å²) in [5.41, 5.74) is 2.42. The van der Waals surface area contributed by atoms with Crippen LogP contribution in [0.25, 0.3) is 21.3 Å². The Kier molecular flexibility index (Phi) is 4.72. The zero-order valence-corrected chi connectivity index (χ0v) is 16.2. The predicted molar refractivity (Wildman–Crippen MR) is 110 cm³/mol. The maximum atomic E-state index is 12.6.